The van der Waals surface area contributed by atoms with Gasteiger partial charge in [-0.3, -0.25) is 9.59 Å². The van der Waals surface area contributed by atoms with E-state index in [9.17, 15) is 9.59 Å². The average molecular weight is 338 g/mol. The van der Waals surface area contributed by atoms with Crippen molar-refractivity contribution in [1.82, 2.24) is 14.9 Å². The molecule has 1 N–H and O–H groups in total. The Hall–Kier alpha value is -2.18. The van der Waals surface area contributed by atoms with E-state index in [0.717, 1.165) is 5.56 Å². The largest absolute Gasteiger partial charge is 0.480 e. The molecule has 1 aromatic heterocycles. The molecule has 2 aromatic rings. The molecule has 0 saturated carbocycles. The van der Waals surface area contributed by atoms with Crippen molar-refractivity contribution in [2.45, 2.75) is 6.54 Å². The van der Waals surface area contributed by atoms with Gasteiger partial charge >= 0.3 is 5.97 Å². The van der Waals surface area contributed by atoms with E-state index in [1.165, 1.54) is 11.1 Å². The highest BCUT2D eigenvalue weighted by atomic mass is 35.5. The Bertz CT molecular complexity index is 795. The molecule has 3 rings (SSSR count). The zero-order chi connectivity index (χ0) is 15.9. The van der Waals surface area contributed by atoms with E-state index in [2.05, 4.69) is 9.97 Å². The number of carboxylic acids is 1. The SMILES string of the molecule is O=C(O)CN1Cc2ccc(-c3nc(Cl)ncc3Cl)cc2C1=O. The minimum Gasteiger partial charge on any atom is -0.480 e. The van der Waals surface area contributed by atoms with Crippen LogP contribution in [0.1, 0.15) is 15.9 Å². The van der Waals surface area contributed by atoms with Gasteiger partial charge in [0.1, 0.15) is 6.54 Å². The Balaban J connectivity index is 2.00. The highest BCUT2D eigenvalue weighted by Gasteiger charge is 2.29. The van der Waals surface area contributed by atoms with Crippen LogP contribution in [-0.4, -0.2) is 38.4 Å². The summed E-state index contributed by atoms with van der Waals surface area (Å²) in [5.74, 6) is -1.37. The van der Waals surface area contributed by atoms with Gasteiger partial charge in [0.2, 0.25) is 5.28 Å². The summed E-state index contributed by atoms with van der Waals surface area (Å²) in [7, 11) is 0. The zero-order valence-corrected chi connectivity index (χ0v) is 12.6. The number of nitrogens with zero attached hydrogens (tertiary/aromatic N) is 3. The van der Waals surface area contributed by atoms with Crippen molar-refractivity contribution in [3.05, 3.63) is 45.8 Å². The maximum Gasteiger partial charge on any atom is 0.323 e. The van der Waals surface area contributed by atoms with Gasteiger partial charge in [-0.2, -0.15) is 0 Å². The van der Waals surface area contributed by atoms with Crippen molar-refractivity contribution >= 4 is 35.1 Å². The predicted octanol–water partition coefficient (Wildman–Crippen LogP) is 2.49. The fourth-order valence-electron chi connectivity index (χ4n) is 2.35. The second kappa shape index (κ2) is 5.55. The number of benzene rings is 1. The predicted molar refractivity (Wildman–Crippen MR) is 79.9 cm³/mol. The van der Waals surface area contributed by atoms with E-state index in [4.69, 9.17) is 28.3 Å². The molecule has 0 saturated heterocycles. The van der Waals surface area contributed by atoms with E-state index in [0.29, 0.717) is 21.8 Å². The van der Waals surface area contributed by atoms with Crippen molar-refractivity contribution < 1.29 is 14.7 Å². The van der Waals surface area contributed by atoms with Gasteiger partial charge in [-0.15, -0.1) is 0 Å². The lowest BCUT2D eigenvalue weighted by Gasteiger charge is -2.11. The van der Waals surface area contributed by atoms with Gasteiger partial charge in [-0.1, -0.05) is 23.7 Å². The second-order valence-electron chi connectivity index (χ2n) is 4.76. The molecule has 1 aromatic carbocycles. The summed E-state index contributed by atoms with van der Waals surface area (Å²) in [6.07, 6.45) is 1.39. The third-order valence-electron chi connectivity index (χ3n) is 3.30. The summed E-state index contributed by atoms with van der Waals surface area (Å²) in [5.41, 5.74) is 2.27. The first-order chi connectivity index (χ1) is 10.5. The number of amides is 1. The number of carboxylic acid groups (broad SMARTS) is 1. The summed E-state index contributed by atoms with van der Waals surface area (Å²) >= 11 is 11.8. The molecular weight excluding hydrogens is 329 g/mol. The van der Waals surface area contributed by atoms with Crippen LogP contribution in [0.3, 0.4) is 0 Å². The van der Waals surface area contributed by atoms with Crippen LogP contribution >= 0.6 is 23.2 Å². The molecule has 0 fully saturated rings. The van der Waals surface area contributed by atoms with E-state index < -0.39 is 5.97 Å². The van der Waals surface area contributed by atoms with Crippen molar-refractivity contribution in [3.63, 3.8) is 0 Å². The van der Waals surface area contributed by atoms with Crippen molar-refractivity contribution in [1.29, 1.82) is 0 Å². The molecule has 112 valence electrons. The second-order valence-corrected chi connectivity index (χ2v) is 5.51. The molecule has 0 spiro atoms. The number of rotatable bonds is 3. The Labute approximate surface area is 135 Å². The molecule has 1 aliphatic heterocycles. The van der Waals surface area contributed by atoms with Crippen LogP contribution in [0.4, 0.5) is 0 Å². The lowest BCUT2D eigenvalue weighted by molar-refractivity contribution is -0.137. The van der Waals surface area contributed by atoms with Crippen LogP contribution in [0.5, 0.6) is 0 Å². The van der Waals surface area contributed by atoms with Gasteiger partial charge < -0.3 is 10.0 Å². The number of fused-ring (bicyclic) bond motifs is 1. The summed E-state index contributed by atoms with van der Waals surface area (Å²) < 4.78 is 0. The third-order valence-corrected chi connectivity index (χ3v) is 3.76. The van der Waals surface area contributed by atoms with Crippen LogP contribution in [0.15, 0.2) is 24.4 Å². The molecule has 0 radical (unpaired) electrons. The Morgan fingerprint density at radius 1 is 1.36 bits per heavy atom. The first kappa shape index (κ1) is 14.7. The number of aromatic nitrogens is 2. The summed E-state index contributed by atoms with van der Waals surface area (Å²) in [6.45, 7) is -0.0536. The van der Waals surface area contributed by atoms with Gasteiger partial charge in [-0.25, -0.2) is 9.97 Å². The van der Waals surface area contributed by atoms with Crippen molar-refractivity contribution in [2.24, 2.45) is 0 Å². The first-order valence-electron chi connectivity index (χ1n) is 6.28. The molecule has 6 nitrogen and oxygen atoms in total. The van der Waals surface area contributed by atoms with Gasteiger partial charge in [-0.05, 0) is 23.2 Å². The smallest absolute Gasteiger partial charge is 0.323 e. The maximum absolute atomic E-state index is 12.2. The number of carbonyl (C=O) groups excluding carboxylic acids is 1. The van der Waals surface area contributed by atoms with Crippen LogP contribution in [0, 0.1) is 0 Å². The monoisotopic (exact) mass is 337 g/mol. The zero-order valence-electron chi connectivity index (χ0n) is 11.1. The third kappa shape index (κ3) is 2.63. The van der Waals surface area contributed by atoms with Gasteiger partial charge in [0.05, 0.1) is 16.9 Å². The van der Waals surface area contributed by atoms with Gasteiger partial charge in [0, 0.05) is 17.7 Å². The first-order valence-corrected chi connectivity index (χ1v) is 7.03. The molecule has 1 amide bonds. The van der Waals surface area contributed by atoms with Gasteiger partial charge in [0.15, 0.2) is 0 Å². The number of aliphatic carboxylic acids is 1. The van der Waals surface area contributed by atoms with E-state index in [1.54, 1.807) is 18.2 Å². The van der Waals surface area contributed by atoms with Crippen LogP contribution < -0.4 is 0 Å². The fourth-order valence-corrected chi connectivity index (χ4v) is 2.68. The summed E-state index contributed by atoms with van der Waals surface area (Å²) in [4.78, 5) is 32.1. The maximum atomic E-state index is 12.2. The Kier molecular flexibility index (Phi) is 3.72. The average Bonchev–Trinajstić information content (AvgIpc) is 2.77. The quantitative estimate of drug-likeness (QED) is 0.870. The minimum atomic E-state index is -1.05. The Morgan fingerprint density at radius 2 is 2.14 bits per heavy atom. The molecule has 22 heavy (non-hydrogen) atoms. The van der Waals surface area contributed by atoms with Crippen molar-refractivity contribution in [3.8, 4) is 11.3 Å². The number of hydrogen-bond acceptors (Lipinski definition) is 4. The Morgan fingerprint density at radius 3 is 2.86 bits per heavy atom. The molecule has 0 aliphatic carbocycles. The highest BCUT2D eigenvalue weighted by molar-refractivity contribution is 6.33. The lowest BCUT2D eigenvalue weighted by Crippen LogP contribution is -2.29. The van der Waals surface area contributed by atoms with E-state index >= 15 is 0 Å². The topological polar surface area (TPSA) is 83.4 Å². The van der Waals surface area contributed by atoms with E-state index in [-0.39, 0.29) is 24.3 Å². The number of halogens is 2. The number of hydrogen-bond donors (Lipinski definition) is 1. The minimum absolute atomic E-state index is 0.0544. The molecule has 0 unspecified atom stereocenters. The normalized spacial score (nSPS) is 13.4. The highest BCUT2D eigenvalue weighted by Crippen LogP contribution is 2.31. The van der Waals surface area contributed by atoms with Crippen LogP contribution in [0.2, 0.25) is 10.3 Å². The molecule has 8 heteroatoms. The molecular formula is C14H9Cl2N3O3. The molecule has 1 aliphatic rings. The molecule has 2 heterocycles. The standard InChI is InChI=1S/C14H9Cl2N3O3/c15-10-4-17-14(16)18-12(10)7-1-2-8-5-19(6-11(20)21)13(22)9(8)3-7/h1-4H,5-6H2,(H,20,21). The van der Waals surface area contributed by atoms with Gasteiger partial charge in [0.25, 0.3) is 5.91 Å². The lowest BCUT2D eigenvalue weighted by atomic mass is 10.0. The molecule has 0 atom stereocenters. The fraction of sp³-hybridized carbons (Fsp3) is 0.143. The van der Waals surface area contributed by atoms with E-state index in [1.807, 2.05) is 0 Å². The summed E-state index contributed by atoms with van der Waals surface area (Å²) in [6, 6.07) is 5.17. The summed E-state index contributed by atoms with van der Waals surface area (Å²) in [5, 5.41) is 9.20. The number of carbonyl (C=O) groups is 2. The van der Waals surface area contributed by atoms with Crippen molar-refractivity contribution in [2.75, 3.05) is 6.54 Å². The molecule has 0 bridgehead atoms. The van der Waals surface area contributed by atoms with Crippen LogP contribution in [-0.2, 0) is 11.3 Å². The van der Waals surface area contributed by atoms with Crippen LogP contribution in [0.25, 0.3) is 11.3 Å².